The Morgan fingerprint density at radius 2 is 0.750 bits per heavy atom. The molecule has 0 radical (unpaired) electrons. The molecule has 2 aromatic rings. The molecule has 12 nitrogen and oxygen atoms in total. The molecule has 0 spiro atoms. The standard InChI is InChI=1S/C36H38O12/c1-13(2)17-21-23(25(35(41)47-11)33(45-9)31(17)43-7)29(39)19(15(5)27(21)37)20-16(6)28(38)22-18(14(3)4)32(44-8)34(46-10)26(36(42)48-12)24(22)30(20)40/h13-14H,1-12H3. The predicted octanol–water partition coefficient (Wildman–Crippen LogP) is 5.63. The van der Waals surface area contributed by atoms with E-state index in [1.807, 2.05) is 0 Å². The van der Waals surface area contributed by atoms with E-state index in [0.717, 1.165) is 14.2 Å². The normalized spacial score (nSPS) is 14.4. The molecule has 254 valence electrons. The highest BCUT2D eigenvalue weighted by molar-refractivity contribution is 6.39. The van der Waals surface area contributed by atoms with Gasteiger partial charge in [0.1, 0.15) is 11.1 Å². The maximum absolute atomic E-state index is 14.8. The average molecular weight is 663 g/mol. The van der Waals surface area contributed by atoms with E-state index in [0.29, 0.717) is 11.1 Å². The first-order valence-corrected chi connectivity index (χ1v) is 15.0. The van der Waals surface area contributed by atoms with Crippen molar-refractivity contribution in [2.45, 2.75) is 53.4 Å². The Hall–Kier alpha value is -5.26. The minimum atomic E-state index is -0.995. The first-order valence-electron chi connectivity index (χ1n) is 15.0. The molecule has 0 amide bonds. The summed E-state index contributed by atoms with van der Waals surface area (Å²) in [5.41, 5.74) is -2.18. The summed E-state index contributed by atoms with van der Waals surface area (Å²) in [4.78, 5) is 85.0. The number of fused-ring (bicyclic) bond motifs is 2. The Bertz CT molecular complexity index is 1760. The number of benzene rings is 2. The molecule has 0 atom stereocenters. The predicted molar refractivity (Wildman–Crippen MR) is 173 cm³/mol. The Morgan fingerprint density at radius 1 is 0.458 bits per heavy atom. The number of ether oxygens (including phenoxy) is 6. The van der Waals surface area contributed by atoms with Crippen LogP contribution in [0, 0.1) is 0 Å². The van der Waals surface area contributed by atoms with Gasteiger partial charge in [-0.05, 0) is 25.7 Å². The van der Waals surface area contributed by atoms with Gasteiger partial charge >= 0.3 is 11.9 Å². The Morgan fingerprint density at radius 3 is 0.979 bits per heavy atom. The number of esters is 2. The molecule has 2 aliphatic carbocycles. The number of allylic oxidation sites excluding steroid dienone is 4. The van der Waals surface area contributed by atoms with Crippen molar-refractivity contribution in [3.63, 3.8) is 0 Å². The van der Waals surface area contributed by atoms with Crippen LogP contribution in [0.4, 0.5) is 0 Å². The minimum Gasteiger partial charge on any atom is -0.493 e. The molecule has 0 bridgehead atoms. The van der Waals surface area contributed by atoms with Gasteiger partial charge in [0.2, 0.25) is 0 Å². The average Bonchev–Trinajstić information content (AvgIpc) is 3.07. The summed E-state index contributed by atoms with van der Waals surface area (Å²) in [5, 5.41) is 0. The van der Waals surface area contributed by atoms with Gasteiger partial charge in [0.05, 0.1) is 53.8 Å². The number of methoxy groups -OCH3 is 6. The Labute approximate surface area is 278 Å². The number of hydrogen-bond donors (Lipinski definition) is 0. The fraction of sp³-hybridized carbons (Fsp3) is 0.389. The fourth-order valence-corrected chi connectivity index (χ4v) is 6.66. The third-order valence-electron chi connectivity index (χ3n) is 8.69. The highest BCUT2D eigenvalue weighted by atomic mass is 16.5. The van der Waals surface area contributed by atoms with Gasteiger partial charge in [-0.25, -0.2) is 9.59 Å². The van der Waals surface area contributed by atoms with Crippen molar-refractivity contribution < 1.29 is 57.2 Å². The Balaban J connectivity index is 2.21. The molecule has 0 aliphatic heterocycles. The lowest BCUT2D eigenvalue weighted by molar-refractivity contribution is 0.0584. The summed E-state index contributed by atoms with van der Waals surface area (Å²) in [5.74, 6) is -6.06. The molecule has 2 aliphatic rings. The van der Waals surface area contributed by atoms with Crippen LogP contribution in [0.25, 0.3) is 0 Å². The van der Waals surface area contributed by atoms with Crippen molar-refractivity contribution in [2.24, 2.45) is 0 Å². The van der Waals surface area contributed by atoms with E-state index in [-0.39, 0.29) is 67.5 Å². The Kier molecular flexibility index (Phi) is 9.71. The molecule has 12 heteroatoms. The summed E-state index contributed by atoms with van der Waals surface area (Å²) in [7, 11) is 7.42. The van der Waals surface area contributed by atoms with Crippen LogP contribution in [-0.2, 0) is 9.47 Å². The first kappa shape index (κ1) is 35.6. The topological polar surface area (TPSA) is 158 Å². The number of carbonyl (C=O) groups excluding carboxylic acids is 6. The molecule has 0 fully saturated rings. The molecule has 4 rings (SSSR count). The van der Waals surface area contributed by atoms with Crippen molar-refractivity contribution in [3.05, 3.63) is 66.8 Å². The van der Waals surface area contributed by atoms with Gasteiger partial charge in [-0.1, -0.05) is 27.7 Å². The maximum atomic E-state index is 14.8. The molecule has 0 unspecified atom stereocenters. The van der Waals surface area contributed by atoms with E-state index in [2.05, 4.69) is 0 Å². The van der Waals surface area contributed by atoms with Crippen molar-refractivity contribution in [1.82, 2.24) is 0 Å². The molecule has 0 heterocycles. The summed E-state index contributed by atoms with van der Waals surface area (Å²) in [6, 6.07) is 0. The lowest BCUT2D eigenvalue weighted by atomic mass is 9.70. The SMILES string of the molecule is COC(=O)c1c(OC)c(OC)c(C(C)C)c2c1C(=O)C(C1=C(C)C(=O)c3c(c(C(=O)OC)c(OC)c(OC)c3C(C)C)C1=O)=C(C)C2=O. The van der Waals surface area contributed by atoms with Gasteiger partial charge < -0.3 is 28.4 Å². The lowest BCUT2D eigenvalue weighted by Gasteiger charge is -2.31. The second-order valence-corrected chi connectivity index (χ2v) is 11.8. The number of rotatable bonds is 9. The van der Waals surface area contributed by atoms with Gasteiger partial charge in [-0.2, -0.15) is 0 Å². The third-order valence-corrected chi connectivity index (χ3v) is 8.69. The molecular weight excluding hydrogens is 624 g/mol. The van der Waals surface area contributed by atoms with Crippen molar-refractivity contribution in [3.8, 4) is 23.0 Å². The summed E-state index contributed by atoms with van der Waals surface area (Å²) < 4.78 is 32.4. The lowest BCUT2D eigenvalue weighted by Crippen LogP contribution is -2.33. The molecule has 0 saturated heterocycles. The zero-order chi connectivity index (χ0) is 36.1. The van der Waals surface area contributed by atoms with Crippen LogP contribution in [0.1, 0.15) is 127 Å². The van der Waals surface area contributed by atoms with Crippen LogP contribution in [0.3, 0.4) is 0 Å². The maximum Gasteiger partial charge on any atom is 0.342 e. The fourth-order valence-electron chi connectivity index (χ4n) is 6.66. The quantitative estimate of drug-likeness (QED) is 0.305. The monoisotopic (exact) mass is 662 g/mol. The molecular formula is C36H38O12. The summed E-state index contributed by atoms with van der Waals surface area (Å²) in [6.07, 6.45) is 0. The van der Waals surface area contributed by atoms with E-state index in [1.54, 1.807) is 27.7 Å². The summed E-state index contributed by atoms with van der Waals surface area (Å²) >= 11 is 0. The zero-order valence-corrected chi connectivity index (χ0v) is 29.1. The molecule has 0 N–H and O–H groups in total. The third kappa shape index (κ3) is 4.89. The van der Waals surface area contributed by atoms with Gasteiger partial charge in [0.15, 0.2) is 46.1 Å². The smallest absolute Gasteiger partial charge is 0.342 e. The van der Waals surface area contributed by atoms with Gasteiger partial charge in [-0.15, -0.1) is 0 Å². The van der Waals surface area contributed by atoms with Crippen molar-refractivity contribution >= 4 is 35.1 Å². The van der Waals surface area contributed by atoms with Crippen molar-refractivity contribution in [1.29, 1.82) is 0 Å². The van der Waals surface area contributed by atoms with Gasteiger partial charge in [-0.3, -0.25) is 19.2 Å². The zero-order valence-electron chi connectivity index (χ0n) is 29.1. The number of carbonyl (C=O) groups is 6. The molecule has 0 aromatic heterocycles. The number of Topliss-reactive ketones (excluding diaryl/α,β-unsaturated/α-hetero) is 4. The van der Waals surface area contributed by atoms with Crippen LogP contribution < -0.4 is 18.9 Å². The van der Waals surface area contributed by atoms with Crippen LogP contribution in [0.15, 0.2) is 22.3 Å². The van der Waals surface area contributed by atoms with Crippen LogP contribution in [0.2, 0.25) is 0 Å². The molecule has 0 saturated carbocycles. The largest absolute Gasteiger partial charge is 0.493 e. The van der Waals surface area contributed by atoms with E-state index < -0.39 is 58.1 Å². The number of ketones is 4. The van der Waals surface area contributed by atoms with E-state index in [9.17, 15) is 28.8 Å². The summed E-state index contributed by atoms with van der Waals surface area (Å²) in [6.45, 7) is 9.82. The molecule has 48 heavy (non-hydrogen) atoms. The van der Waals surface area contributed by atoms with E-state index in [1.165, 1.54) is 42.3 Å². The van der Waals surface area contributed by atoms with Crippen molar-refractivity contribution in [2.75, 3.05) is 42.7 Å². The van der Waals surface area contributed by atoms with Crippen LogP contribution >= 0.6 is 0 Å². The minimum absolute atomic E-state index is 0.0715. The van der Waals surface area contributed by atoms with Crippen LogP contribution in [0.5, 0.6) is 23.0 Å². The first-order chi connectivity index (χ1) is 22.6. The number of hydrogen-bond acceptors (Lipinski definition) is 12. The van der Waals surface area contributed by atoms with E-state index >= 15 is 0 Å². The van der Waals surface area contributed by atoms with Crippen LogP contribution in [-0.4, -0.2) is 77.7 Å². The van der Waals surface area contributed by atoms with E-state index in [4.69, 9.17) is 28.4 Å². The van der Waals surface area contributed by atoms with Gasteiger partial charge in [0.25, 0.3) is 0 Å². The highest BCUT2D eigenvalue weighted by Gasteiger charge is 2.47. The van der Waals surface area contributed by atoms with Gasteiger partial charge in [0, 0.05) is 44.5 Å². The second-order valence-electron chi connectivity index (χ2n) is 11.8. The second kappa shape index (κ2) is 13.1. The molecule has 2 aromatic carbocycles. The highest BCUT2D eigenvalue weighted by Crippen LogP contribution is 2.51.